The molecule has 6 heteroatoms. The number of hydrogen-bond acceptors (Lipinski definition) is 5. The number of aliphatic hydroxyl groups is 1. The number of nitrogens with one attached hydrogen (secondary N) is 1. The maximum Gasteiger partial charge on any atom is 0.321 e. The quantitative estimate of drug-likeness (QED) is 0.786. The molecule has 2 rings (SSSR count). The molecular formula is C13H15NO4S. The van der Waals surface area contributed by atoms with E-state index < -0.39 is 23.4 Å². The van der Waals surface area contributed by atoms with Crippen molar-refractivity contribution in [2.45, 2.75) is 17.4 Å². The van der Waals surface area contributed by atoms with Crippen LogP contribution in [0.5, 0.6) is 0 Å². The van der Waals surface area contributed by atoms with Crippen LogP contribution in [0.1, 0.15) is 10.4 Å². The fraction of sp³-hybridized carbons (Fsp3) is 0.385. The molecule has 3 atom stereocenters. The van der Waals surface area contributed by atoms with E-state index in [2.05, 4.69) is 10.1 Å². The second kappa shape index (κ2) is 6.08. The number of thioether (sulfide) groups is 1. The smallest absolute Gasteiger partial charge is 0.321 e. The Kier molecular flexibility index (Phi) is 4.44. The van der Waals surface area contributed by atoms with E-state index >= 15 is 0 Å². The van der Waals surface area contributed by atoms with Crippen molar-refractivity contribution in [1.29, 1.82) is 0 Å². The van der Waals surface area contributed by atoms with Crippen LogP contribution in [0.15, 0.2) is 30.3 Å². The molecule has 1 amide bonds. The van der Waals surface area contributed by atoms with Crippen molar-refractivity contribution in [3.05, 3.63) is 35.9 Å². The average Bonchev–Trinajstić information content (AvgIpc) is 2.80. The Hall–Kier alpha value is -1.53. The molecule has 0 saturated carbocycles. The lowest BCUT2D eigenvalue weighted by atomic mass is 10.1. The number of methoxy groups -OCH3 is 1. The number of amides is 1. The van der Waals surface area contributed by atoms with E-state index in [0.717, 1.165) is 0 Å². The topological polar surface area (TPSA) is 75.6 Å². The standard InChI is InChI=1S/C13H15NO4S/c1-18-13(17)11-10(15)9(7-19-11)14-12(16)8-5-3-2-4-6-8/h2-6,9-11,15H,7H2,1H3,(H,14,16). The summed E-state index contributed by atoms with van der Waals surface area (Å²) in [7, 11) is 1.28. The van der Waals surface area contributed by atoms with Gasteiger partial charge in [-0.3, -0.25) is 9.59 Å². The van der Waals surface area contributed by atoms with Crippen LogP contribution in [0.25, 0.3) is 0 Å². The highest BCUT2D eigenvalue weighted by Crippen LogP contribution is 2.28. The summed E-state index contributed by atoms with van der Waals surface area (Å²) in [4.78, 5) is 23.4. The van der Waals surface area contributed by atoms with Gasteiger partial charge < -0.3 is 15.2 Å². The second-order valence-electron chi connectivity index (χ2n) is 4.21. The lowest BCUT2D eigenvalue weighted by Gasteiger charge is -2.18. The van der Waals surface area contributed by atoms with Gasteiger partial charge in [-0.25, -0.2) is 0 Å². The Labute approximate surface area is 115 Å². The van der Waals surface area contributed by atoms with Crippen LogP contribution >= 0.6 is 11.8 Å². The van der Waals surface area contributed by atoms with Crippen molar-refractivity contribution in [1.82, 2.24) is 5.32 Å². The van der Waals surface area contributed by atoms with Crippen LogP contribution < -0.4 is 5.32 Å². The SMILES string of the molecule is COC(=O)C1SCC(NC(=O)c2ccccc2)C1O. The van der Waals surface area contributed by atoms with Crippen molar-refractivity contribution in [2.75, 3.05) is 12.9 Å². The zero-order valence-electron chi connectivity index (χ0n) is 10.4. The fourth-order valence-corrected chi connectivity index (χ4v) is 3.22. The molecule has 0 radical (unpaired) electrons. The monoisotopic (exact) mass is 281 g/mol. The van der Waals surface area contributed by atoms with Crippen LogP contribution in [-0.4, -0.2) is 47.2 Å². The van der Waals surface area contributed by atoms with E-state index in [-0.39, 0.29) is 5.91 Å². The van der Waals surface area contributed by atoms with Gasteiger partial charge in [0.05, 0.1) is 19.3 Å². The van der Waals surface area contributed by atoms with Gasteiger partial charge in [-0.05, 0) is 12.1 Å². The minimum absolute atomic E-state index is 0.254. The summed E-state index contributed by atoms with van der Waals surface area (Å²) < 4.78 is 4.61. The predicted molar refractivity (Wildman–Crippen MR) is 72.0 cm³/mol. The molecule has 5 nitrogen and oxygen atoms in total. The molecule has 1 aromatic rings. The Morgan fingerprint density at radius 3 is 2.68 bits per heavy atom. The zero-order chi connectivity index (χ0) is 13.8. The predicted octanol–water partition coefficient (Wildman–Crippen LogP) is 0.434. The second-order valence-corrected chi connectivity index (χ2v) is 5.39. The highest BCUT2D eigenvalue weighted by molar-refractivity contribution is 8.01. The number of esters is 1. The fourth-order valence-electron chi connectivity index (χ4n) is 1.91. The molecule has 0 aliphatic carbocycles. The third-order valence-corrected chi connectivity index (χ3v) is 4.35. The minimum Gasteiger partial charge on any atom is -0.468 e. The number of aliphatic hydroxyl groups excluding tert-OH is 1. The van der Waals surface area contributed by atoms with Crippen molar-refractivity contribution >= 4 is 23.6 Å². The van der Waals surface area contributed by atoms with Crippen LogP contribution in [-0.2, 0) is 9.53 Å². The first kappa shape index (κ1) is 13.9. The van der Waals surface area contributed by atoms with E-state index in [4.69, 9.17) is 0 Å². The van der Waals surface area contributed by atoms with E-state index in [9.17, 15) is 14.7 Å². The molecule has 1 saturated heterocycles. The summed E-state index contributed by atoms with van der Waals surface area (Å²) in [5.41, 5.74) is 0.529. The van der Waals surface area contributed by atoms with Crippen LogP contribution in [0, 0.1) is 0 Å². The maximum absolute atomic E-state index is 11.9. The number of carbonyl (C=O) groups is 2. The van der Waals surface area contributed by atoms with Crippen molar-refractivity contribution < 1.29 is 19.4 Å². The summed E-state index contributed by atoms with van der Waals surface area (Å²) in [6.07, 6.45) is -0.926. The first-order chi connectivity index (χ1) is 9.13. The largest absolute Gasteiger partial charge is 0.468 e. The molecule has 102 valence electrons. The third-order valence-electron chi connectivity index (χ3n) is 2.96. The molecule has 0 aromatic heterocycles. The van der Waals surface area contributed by atoms with Gasteiger partial charge in [-0.2, -0.15) is 0 Å². The average molecular weight is 281 g/mol. The summed E-state index contributed by atoms with van der Waals surface area (Å²) in [6, 6.07) is 8.31. The Balaban J connectivity index is 1.98. The highest BCUT2D eigenvalue weighted by atomic mass is 32.2. The number of hydrogen-bond donors (Lipinski definition) is 2. The van der Waals surface area contributed by atoms with Crippen LogP contribution in [0.4, 0.5) is 0 Å². The van der Waals surface area contributed by atoms with Crippen molar-refractivity contribution in [2.24, 2.45) is 0 Å². The maximum atomic E-state index is 11.9. The summed E-state index contributed by atoms with van der Waals surface area (Å²) in [5, 5.41) is 12.1. The lowest BCUT2D eigenvalue weighted by Crippen LogP contribution is -2.46. The lowest BCUT2D eigenvalue weighted by molar-refractivity contribution is -0.142. The van der Waals surface area contributed by atoms with Crippen molar-refractivity contribution in [3.63, 3.8) is 0 Å². The summed E-state index contributed by atoms with van der Waals surface area (Å²) in [5.74, 6) is -0.232. The molecule has 1 aliphatic rings. The minimum atomic E-state index is -0.926. The molecule has 0 spiro atoms. The molecule has 19 heavy (non-hydrogen) atoms. The first-order valence-electron chi connectivity index (χ1n) is 5.87. The Bertz CT molecular complexity index is 465. The van der Waals surface area contributed by atoms with Crippen LogP contribution in [0.3, 0.4) is 0 Å². The number of carbonyl (C=O) groups excluding carboxylic acids is 2. The van der Waals surface area contributed by atoms with Gasteiger partial charge >= 0.3 is 5.97 Å². The van der Waals surface area contributed by atoms with Gasteiger partial charge in [0.1, 0.15) is 5.25 Å². The van der Waals surface area contributed by atoms with Crippen LogP contribution in [0.2, 0.25) is 0 Å². The van der Waals surface area contributed by atoms with Gasteiger partial charge in [0, 0.05) is 11.3 Å². The molecule has 1 heterocycles. The van der Waals surface area contributed by atoms with Crippen molar-refractivity contribution in [3.8, 4) is 0 Å². The summed E-state index contributed by atoms with van der Waals surface area (Å²) in [6.45, 7) is 0. The zero-order valence-corrected chi connectivity index (χ0v) is 11.2. The first-order valence-corrected chi connectivity index (χ1v) is 6.91. The van der Waals surface area contributed by atoms with Gasteiger partial charge in [0.25, 0.3) is 5.91 Å². The van der Waals surface area contributed by atoms with E-state index in [1.807, 2.05) is 6.07 Å². The van der Waals surface area contributed by atoms with Gasteiger partial charge in [0.15, 0.2) is 0 Å². The van der Waals surface area contributed by atoms with Gasteiger partial charge in [-0.1, -0.05) is 18.2 Å². The molecule has 0 bridgehead atoms. The number of ether oxygens (including phenoxy) is 1. The Morgan fingerprint density at radius 2 is 2.05 bits per heavy atom. The van der Waals surface area contributed by atoms with Gasteiger partial charge in [-0.15, -0.1) is 11.8 Å². The number of rotatable bonds is 3. The molecule has 1 aliphatic heterocycles. The van der Waals surface area contributed by atoms with Gasteiger partial charge in [0.2, 0.25) is 0 Å². The molecule has 3 unspecified atom stereocenters. The molecule has 1 fully saturated rings. The molecule has 1 aromatic carbocycles. The summed E-state index contributed by atoms with van der Waals surface area (Å²) >= 11 is 1.29. The Morgan fingerprint density at radius 1 is 1.37 bits per heavy atom. The highest BCUT2D eigenvalue weighted by Gasteiger charge is 2.41. The van der Waals surface area contributed by atoms with E-state index in [0.29, 0.717) is 11.3 Å². The molecule has 2 N–H and O–H groups in total. The number of benzene rings is 1. The van der Waals surface area contributed by atoms with E-state index in [1.54, 1.807) is 24.3 Å². The van der Waals surface area contributed by atoms with E-state index in [1.165, 1.54) is 18.9 Å². The third kappa shape index (κ3) is 3.08. The molecular weight excluding hydrogens is 266 g/mol. The normalized spacial score (nSPS) is 25.9.